The van der Waals surface area contributed by atoms with Crippen LogP contribution in [0.4, 0.5) is 4.39 Å². The summed E-state index contributed by atoms with van der Waals surface area (Å²) in [6.07, 6.45) is 0. The Morgan fingerprint density at radius 1 is 1.29 bits per heavy atom. The van der Waals surface area contributed by atoms with Crippen LogP contribution in [0.2, 0.25) is 0 Å². The van der Waals surface area contributed by atoms with Crippen LogP contribution in [0.5, 0.6) is 0 Å². The van der Waals surface area contributed by atoms with Crippen molar-refractivity contribution < 1.29 is 9.18 Å². The molecule has 1 unspecified atom stereocenters. The summed E-state index contributed by atoms with van der Waals surface area (Å²) in [6, 6.07) is 7.57. The van der Waals surface area contributed by atoms with E-state index in [1.807, 2.05) is 6.07 Å². The Morgan fingerprint density at radius 2 is 1.79 bits per heavy atom. The first-order valence-electron chi connectivity index (χ1n) is 4.42. The van der Waals surface area contributed by atoms with E-state index in [1.54, 1.807) is 50.2 Å². The summed E-state index contributed by atoms with van der Waals surface area (Å²) in [5.74, 6) is 0. The normalized spacial score (nSPS) is 15.2. The number of hydrogen-bond acceptors (Lipinski definition) is 2. The first kappa shape index (κ1) is 10.9. The number of carbonyl (C=O) groups excluding carboxylic acids is 1. The number of carbonyl (C=O) groups is 1. The molecule has 0 aliphatic heterocycles. The largest absolute Gasteiger partial charge is 0.325 e. The molecule has 0 radical (unpaired) electrons. The summed E-state index contributed by atoms with van der Waals surface area (Å²) in [4.78, 5) is 12.6. The molecule has 1 aromatic carbocycles. The van der Waals surface area contributed by atoms with Crippen LogP contribution in [0.1, 0.15) is 12.5 Å². The van der Waals surface area contributed by atoms with Crippen LogP contribution < -0.4 is 0 Å². The lowest BCUT2D eigenvalue weighted by atomic mass is 9.91. The molecule has 2 nitrogen and oxygen atoms in total. The monoisotopic (exact) mass is 195 g/mol. The highest BCUT2D eigenvalue weighted by Crippen LogP contribution is 2.27. The van der Waals surface area contributed by atoms with Gasteiger partial charge in [-0.05, 0) is 26.6 Å². The Morgan fingerprint density at radius 3 is 2.14 bits per heavy atom. The Balaban J connectivity index is 3.20. The average molecular weight is 195 g/mol. The molecule has 3 heteroatoms. The molecular formula is C11H14FNO. The molecule has 0 saturated heterocycles. The van der Waals surface area contributed by atoms with Crippen molar-refractivity contribution >= 4 is 6.04 Å². The fraction of sp³-hybridized carbons (Fsp3) is 0.364. The van der Waals surface area contributed by atoms with Crippen molar-refractivity contribution in [2.75, 3.05) is 14.1 Å². The molecule has 0 saturated carbocycles. The molecule has 0 aliphatic rings. The number of benzene rings is 1. The molecule has 1 rings (SSSR count). The predicted molar refractivity (Wildman–Crippen MR) is 53.6 cm³/mol. The maximum atomic E-state index is 13.0. The van der Waals surface area contributed by atoms with Crippen molar-refractivity contribution in [3.63, 3.8) is 0 Å². The van der Waals surface area contributed by atoms with Gasteiger partial charge in [-0.2, -0.15) is 4.39 Å². The van der Waals surface area contributed by atoms with E-state index in [9.17, 15) is 9.18 Å². The minimum Gasteiger partial charge on any atom is -0.291 e. The quantitative estimate of drug-likeness (QED) is 0.687. The number of rotatable bonds is 3. The summed E-state index contributed by atoms with van der Waals surface area (Å²) >= 11 is 0. The minimum atomic E-state index is -1.34. The van der Waals surface area contributed by atoms with E-state index in [1.165, 1.54) is 0 Å². The van der Waals surface area contributed by atoms with Crippen molar-refractivity contribution in [2.45, 2.75) is 12.5 Å². The van der Waals surface area contributed by atoms with Crippen LogP contribution in [0.15, 0.2) is 30.3 Å². The Kier molecular flexibility index (Phi) is 3.01. The lowest BCUT2D eigenvalue weighted by Crippen LogP contribution is -2.43. The Hall–Kier alpha value is -1.22. The topological polar surface area (TPSA) is 20.3 Å². The zero-order valence-electron chi connectivity index (χ0n) is 8.62. The Labute approximate surface area is 83.3 Å². The van der Waals surface area contributed by atoms with E-state index in [0.717, 1.165) is 0 Å². The van der Waals surface area contributed by atoms with Crippen LogP contribution in [0, 0.1) is 0 Å². The number of halogens is 1. The molecule has 0 aliphatic carbocycles. The molecule has 0 heterocycles. The van der Waals surface area contributed by atoms with Crippen molar-refractivity contribution in [2.24, 2.45) is 0 Å². The first-order chi connectivity index (χ1) is 6.49. The third kappa shape index (κ3) is 1.68. The van der Waals surface area contributed by atoms with Crippen molar-refractivity contribution in [1.29, 1.82) is 0 Å². The molecule has 0 spiro atoms. The van der Waals surface area contributed by atoms with Gasteiger partial charge in [-0.25, -0.2) is 0 Å². The molecule has 0 aromatic heterocycles. The van der Waals surface area contributed by atoms with Crippen LogP contribution in [0.3, 0.4) is 0 Å². The smallest absolute Gasteiger partial charge is 0.291 e. The third-order valence-electron chi connectivity index (χ3n) is 2.61. The SMILES string of the molecule is CN(C)C(C)(C(=O)F)c1ccccc1. The fourth-order valence-corrected chi connectivity index (χ4v) is 1.31. The summed E-state index contributed by atoms with van der Waals surface area (Å²) in [7, 11) is 3.37. The van der Waals surface area contributed by atoms with Gasteiger partial charge in [-0.1, -0.05) is 30.3 Å². The fourth-order valence-electron chi connectivity index (χ4n) is 1.31. The molecule has 0 N–H and O–H groups in total. The number of likely N-dealkylation sites (N-methyl/N-ethyl adjacent to an activating group) is 1. The second kappa shape index (κ2) is 3.88. The van der Waals surface area contributed by atoms with Gasteiger partial charge in [0, 0.05) is 0 Å². The van der Waals surface area contributed by atoms with Gasteiger partial charge in [-0.3, -0.25) is 9.69 Å². The van der Waals surface area contributed by atoms with Crippen molar-refractivity contribution in [3.8, 4) is 0 Å². The van der Waals surface area contributed by atoms with Gasteiger partial charge in [0.2, 0.25) is 0 Å². The van der Waals surface area contributed by atoms with Crippen LogP contribution >= 0.6 is 0 Å². The average Bonchev–Trinajstić information content (AvgIpc) is 2.17. The number of nitrogens with zero attached hydrogens (tertiary/aromatic N) is 1. The van der Waals surface area contributed by atoms with Gasteiger partial charge in [-0.15, -0.1) is 0 Å². The summed E-state index contributed by atoms with van der Waals surface area (Å²) in [6.45, 7) is 1.57. The highest BCUT2D eigenvalue weighted by atomic mass is 19.1. The van der Waals surface area contributed by atoms with Gasteiger partial charge >= 0.3 is 6.04 Å². The third-order valence-corrected chi connectivity index (χ3v) is 2.61. The zero-order chi connectivity index (χ0) is 10.8. The highest BCUT2D eigenvalue weighted by molar-refractivity contribution is 5.80. The lowest BCUT2D eigenvalue weighted by Gasteiger charge is -2.32. The lowest BCUT2D eigenvalue weighted by molar-refractivity contribution is -0.140. The van der Waals surface area contributed by atoms with Gasteiger partial charge in [0.1, 0.15) is 5.54 Å². The van der Waals surface area contributed by atoms with E-state index in [-0.39, 0.29) is 0 Å². The molecule has 76 valence electrons. The van der Waals surface area contributed by atoms with E-state index >= 15 is 0 Å². The van der Waals surface area contributed by atoms with Gasteiger partial charge in [0.25, 0.3) is 0 Å². The predicted octanol–water partition coefficient (Wildman–Crippen LogP) is 1.96. The molecule has 1 atom stereocenters. The molecule has 1 aromatic rings. The second-order valence-corrected chi connectivity index (χ2v) is 3.61. The van der Waals surface area contributed by atoms with Crippen LogP contribution in [0.25, 0.3) is 0 Å². The Bertz CT molecular complexity index is 323. The van der Waals surface area contributed by atoms with Gasteiger partial charge in [0.15, 0.2) is 0 Å². The second-order valence-electron chi connectivity index (χ2n) is 3.61. The van der Waals surface area contributed by atoms with E-state index < -0.39 is 11.6 Å². The minimum absolute atomic E-state index is 0.664. The van der Waals surface area contributed by atoms with Crippen LogP contribution in [-0.2, 0) is 10.3 Å². The van der Waals surface area contributed by atoms with Gasteiger partial charge < -0.3 is 0 Å². The highest BCUT2D eigenvalue weighted by Gasteiger charge is 2.37. The summed E-state index contributed by atoms with van der Waals surface area (Å²) < 4.78 is 13.0. The molecular weight excluding hydrogens is 181 g/mol. The van der Waals surface area contributed by atoms with E-state index in [2.05, 4.69) is 0 Å². The summed E-state index contributed by atoms with van der Waals surface area (Å²) in [5, 5.41) is 0. The van der Waals surface area contributed by atoms with Gasteiger partial charge in [0.05, 0.1) is 0 Å². The summed E-state index contributed by atoms with van der Waals surface area (Å²) in [5.41, 5.74) is -0.515. The van der Waals surface area contributed by atoms with Crippen molar-refractivity contribution in [1.82, 2.24) is 4.90 Å². The number of hydrogen-bond donors (Lipinski definition) is 0. The maximum Gasteiger partial charge on any atom is 0.325 e. The molecule has 14 heavy (non-hydrogen) atoms. The standard InChI is InChI=1S/C11H14FNO/c1-11(10(12)14,13(2)3)9-7-5-4-6-8-9/h4-8H,1-3H3. The van der Waals surface area contributed by atoms with E-state index in [4.69, 9.17) is 0 Å². The molecule has 0 bridgehead atoms. The molecule has 0 fully saturated rings. The van der Waals surface area contributed by atoms with Crippen molar-refractivity contribution in [3.05, 3.63) is 35.9 Å². The first-order valence-corrected chi connectivity index (χ1v) is 4.42. The maximum absolute atomic E-state index is 13.0. The van der Waals surface area contributed by atoms with Crippen LogP contribution in [-0.4, -0.2) is 25.0 Å². The molecule has 0 amide bonds. The zero-order valence-corrected chi connectivity index (χ0v) is 8.62. The van der Waals surface area contributed by atoms with E-state index in [0.29, 0.717) is 5.56 Å².